The summed E-state index contributed by atoms with van der Waals surface area (Å²) >= 11 is 0. The Hall–Kier alpha value is -1.86. The highest BCUT2D eigenvalue weighted by Crippen LogP contribution is 2.34. The lowest BCUT2D eigenvalue weighted by Gasteiger charge is -2.26. The molecule has 0 amide bonds. The second-order valence-electron chi connectivity index (χ2n) is 6.20. The fourth-order valence-corrected chi connectivity index (χ4v) is 2.89. The lowest BCUT2D eigenvalue weighted by Crippen LogP contribution is -2.36. The van der Waals surface area contributed by atoms with Crippen LogP contribution in [0.1, 0.15) is 24.0 Å². The summed E-state index contributed by atoms with van der Waals surface area (Å²) in [6.45, 7) is 0.852. The molecule has 2 aromatic rings. The standard InChI is InChI=1S/C17H20F3N3O/c18-17(19,20)16-5-2-1-4-13(16)10-22(14-6-7-14)11-15(24)12-23-9-3-8-21-23/h1-5,8-9,14-15,24H,6-7,10-12H2. The molecule has 0 aliphatic heterocycles. The molecule has 3 rings (SSSR count). The summed E-state index contributed by atoms with van der Waals surface area (Å²) in [6, 6.07) is 7.67. The van der Waals surface area contributed by atoms with Crippen molar-refractivity contribution in [2.75, 3.05) is 6.54 Å². The highest BCUT2D eigenvalue weighted by molar-refractivity contribution is 5.29. The highest BCUT2D eigenvalue weighted by atomic mass is 19.4. The van der Waals surface area contributed by atoms with E-state index in [-0.39, 0.29) is 18.2 Å². The Labute approximate surface area is 138 Å². The lowest BCUT2D eigenvalue weighted by molar-refractivity contribution is -0.138. The molecule has 7 heteroatoms. The van der Waals surface area contributed by atoms with Gasteiger partial charge in [0.05, 0.1) is 18.2 Å². The zero-order valence-corrected chi connectivity index (χ0v) is 13.2. The third-order valence-electron chi connectivity index (χ3n) is 4.16. The molecule has 24 heavy (non-hydrogen) atoms. The molecule has 0 radical (unpaired) electrons. The number of alkyl halides is 3. The van der Waals surface area contributed by atoms with E-state index in [0.717, 1.165) is 18.9 Å². The van der Waals surface area contributed by atoms with E-state index in [1.54, 1.807) is 29.2 Å². The van der Waals surface area contributed by atoms with Gasteiger partial charge in [0.25, 0.3) is 0 Å². The second-order valence-corrected chi connectivity index (χ2v) is 6.20. The van der Waals surface area contributed by atoms with E-state index in [9.17, 15) is 18.3 Å². The van der Waals surface area contributed by atoms with Crippen molar-refractivity contribution >= 4 is 0 Å². The Morgan fingerprint density at radius 1 is 1.25 bits per heavy atom. The monoisotopic (exact) mass is 339 g/mol. The van der Waals surface area contributed by atoms with Crippen LogP contribution in [0.15, 0.2) is 42.7 Å². The minimum atomic E-state index is -4.36. The van der Waals surface area contributed by atoms with Crippen LogP contribution in [-0.2, 0) is 19.3 Å². The number of nitrogens with zero attached hydrogens (tertiary/aromatic N) is 3. The van der Waals surface area contributed by atoms with Crippen LogP contribution in [0, 0.1) is 0 Å². The SMILES string of the molecule is OC(CN(Cc1ccccc1C(F)(F)F)C1CC1)Cn1cccn1. The van der Waals surface area contributed by atoms with E-state index in [0.29, 0.717) is 13.1 Å². The maximum Gasteiger partial charge on any atom is 0.416 e. The summed E-state index contributed by atoms with van der Waals surface area (Å²) in [5.41, 5.74) is -0.347. The number of hydrogen-bond donors (Lipinski definition) is 1. The Morgan fingerprint density at radius 2 is 2.00 bits per heavy atom. The topological polar surface area (TPSA) is 41.3 Å². The van der Waals surface area contributed by atoms with Crippen LogP contribution in [0.25, 0.3) is 0 Å². The summed E-state index contributed by atoms with van der Waals surface area (Å²) in [7, 11) is 0. The Balaban J connectivity index is 1.69. The zero-order chi connectivity index (χ0) is 17.2. The minimum Gasteiger partial charge on any atom is -0.390 e. The van der Waals surface area contributed by atoms with Crippen molar-refractivity contribution in [3.63, 3.8) is 0 Å². The molecular formula is C17H20F3N3O. The maximum atomic E-state index is 13.2. The largest absolute Gasteiger partial charge is 0.416 e. The molecular weight excluding hydrogens is 319 g/mol. The fraction of sp³-hybridized carbons (Fsp3) is 0.471. The first-order chi connectivity index (χ1) is 11.4. The number of rotatable bonds is 7. The molecule has 0 bridgehead atoms. The van der Waals surface area contributed by atoms with Crippen molar-refractivity contribution in [2.45, 2.75) is 44.3 Å². The highest BCUT2D eigenvalue weighted by Gasteiger charge is 2.35. The van der Waals surface area contributed by atoms with E-state index < -0.39 is 17.8 Å². The first-order valence-corrected chi connectivity index (χ1v) is 7.98. The molecule has 1 aromatic heterocycles. The van der Waals surface area contributed by atoms with Crippen molar-refractivity contribution in [1.82, 2.24) is 14.7 Å². The molecule has 1 fully saturated rings. The normalized spacial score (nSPS) is 16.5. The number of aliphatic hydroxyl groups excluding tert-OH is 1. The van der Waals surface area contributed by atoms with Gasteiger partial charge in [-0.15, -0.1) is 0 Å². The quantitative estimate of drug-likeness (QED) is 0.843. The molecule has 1 unspecified atom stereocenters. The van der Waals surface area contributed by atoms with Gasteiger partial charge in [0.1, 0.15) is 0 Å². The van der Waals surface area contributed by atoms with Crippen molar-refractivity contribution in [2.24, 2.45) is 0 Å². The van der Waals surface area contributed by atoms with Crippen LogP contribution in [0.4, 0.5) is 13.2 Å². The van der Waals surface area contributed by atoms with Crippen LogP contribution < -0.4 is 0 Å². The van der Waals surface area contributed by atoms with Gasteiger partial charge in [-0.25, -0.2) is 0 Å². The summed E-state index contributed by atoms with van der Waals surface area (Å²) in [5, 5.41) is 14.3. The number of aliphatic hydroxyl groups is 1. The van der Waals surface area contributed by atoms with Crippen LogP contribution in [-0.4, -0.2) is 38.5 Å². The van der Waals surface area contributed by atoms with Crippen molar-refractivity contribution in [1.29, 1.82) is 0 Å². The van der Waals surface area contributed by atoms with Gasteiger partial charge in [-0.2, -0.15) is 18.3 Å². The molecule has 1 atom stereocenters. The van der Waals surface area contributed by atoms with Crippen LogP contribution in [0.5, 0.6) is 0 Å². The maximum absolute atomic E-state index is 13.2. The summed E-state index contributed by atoms with van der Waals surface area (Å²) in [6.07, 6.45) is 0.267. The van der Waals surface area contributed by atoms with Gasteiger partial charge < -0.3 is 5.11 Å². The van der Waals surface area contributed by atoms with Gasteiger partial charge in [0.15, 0.2) is 0 Å². The molecule has 0 spiro atoms. The van der Waals surface area contributed by atoms with E-state index in [1.165, 1.54) is 12.1 Å². The Bertz CT molecular complexity index is 653. The molecule has 1 aliphatic rings. The van der Waals surface area contributed by atoms with Crippen LogP contribution in [0.2, 0.25) is 0 Å². The molecule has 1 aliphatic carbocycles. The molecule has 1 N–H and O–H groups in total. The summed E-state index contributed by atoms with van der Waals surface area (Å²) < 4.78 is 41.1. The summed E-state index contributed by atoms with van der Waals surface area (Å²) in [4.78, 5) is 1.94. The second kappa shape index (κ2) is 6.94. The van der Waals surface area contributed by atoms with Crippen molar-refractivity contribution in [3.8, 4) is 0 Å². The Morgan fingerprint density at radius 3 is 2.62 bits per heavy atom. The van der Waals surface area contributed by atoms with Gasteiger partial charge in [-0.3, -0.25) is 9.58 Å². The number of halogens is 3. The lowest BCUT2D eigenvalue weighted by atomic mass is 10.1. The van der Waals surface area contributed by atoms with Crippen LogP contribution >= 0.6 is 0 Å². The van der Waals surface area contributed by atoms with E-state index >= 15 is 0 Å². The first kappa shape index (κ1) is 17.0. The van der Waals surface area contributed by atoms with Gasteiger partial charge in [0, 0.05) is 31.5 Å². The molecule has 1 aromatic carbocycles. The first-order valence-electron chi connectivity index (χ1n) is 7.98. The zero-order valence-electron chi connectivity index (χ0n) is 13.2. The average Bonchev–Trinajstić information content (AvgIpc) is 3.25. The van der Waals surface area contributed by atoms with Crippen LogP contribution in [0.3, 0.4) is 0 Å². The van der Waals surface area contributed by atoms with Gasteiger partial charge in [-0.05, 0) is 30.5 Å². The van der Waals surface area contributed by atoms with Crippen molar-refractivity contribution in [3.05, 3.63) is 53.9 Å². The predicted molar refractivity (Wildman–Crippen MR) is 83.1 cm³/mol. The fourth-order valence-electron chi connectivity index (χ4n) is 2.89. The predicted octanol–water partition coefficient (Wildman–Crippen LogP) is 2.93. The molecule has 1 saturated carbocycles. The third kappa shape index (κ3) is 4.36. The van der Waals surface area contributed by atoms with E-state index in [4.69, 9.17) is 0 Å². The third-order valence-corrected chi connectivity index (χ3v) is 4.16. The molecule has 0 saturated heterocycles. The van der Waals surface area contributed by atoms with Gasteiger partial charge >= 0.3 is 6.18 Å². The Kier molecular flexibility index (Phi) is 4.91. The average molecular weight is 339 g/mol. The minimum absolute atomic E-state index is 0.191. The number of aromatic nitrogens is 2. The molecule has 4 nitrogen and oxygen atoms in total. The molecule has 130 valence electrons. The van der Waals surface area contributed by atoms with E-state index in [1.807, 2.05) is 4.90 Å². The number of hydrogen-bond acceptors (Lipinski definition) is 3. The molecule has 1 heterocycles. The van der Waals surface area contributed by atoms with Crippen molar-refractivity contribution < 1.29 is 18.3 Å². The van der Waals surface area contributed by atoms with E-state index in [2.05, 4.69) is 5.10 Å². The van der Waals surface area contributed by atoms with Gasteiger partial charge in [0.2, 0.25) is 0 Å². The van der Waals surface area contributed by atoms with Gasteiger partial charge in [-0.1, -0.05) is 18.2 Å². The summed E-state index contributed by atoms with van der Waals surface area (Å²) in [5.74, 6) is 0. The number of benzene rings is 1. The smallest absolute Gasteiger partial charge is 0.390 e.